The normalized spacial score (nSPS) is 16.6. The summed E-state index contributed by atoms with van der Waals surface area (Å²) in [7, 11) is 0. The second-order valence-electron chi connectivity index (χ2n) is 7.06. The lowest BCUT2D eigenvalue weighted by molar-refractivity contribution is -0.385. The fourth-order valence-corrected chi connectivity index (χ4v) is 4.10. The minimum absolute atomic E-state index is 0.0211. The third kappa shape index (κ3) is 4.27. The van der Waals surface area contributed by atoms with Gasteiger partial charge in [-0.2, -0.15) is 0 Å². The third-order valence-corrected chi connectivity index (χ3v) is 5.58. The second kappa shape index (κ2) is 9.19. The maximum Gasteiger partial charge on any atom is 0.290 e. The van der Waals surface area contributed by atoms with Gasteiger partial charge >= 0.3 is 0 Å². The Balaban J connectivity index is 2.03. The van der Waals surface area contributed by atoms with Crippen LogP contribution in [0.25, 0.3) is 0 Å². The number of carbonyl (C=O) groups excluding carboxylic acids is 2. The Hall–Kier alpha value is -3.04. The summed E-state index contributed by atoms with van der Waals surface area (Å²) in [6.45, 7) is 4.33. The van der Waals surface area contributed by atoms with Gasteiger partial charge in [0.1, 0.15) is 0 Å². The van der Waals surface area contributed by atoms with Crippen LogP contribution in [-0.4, -0.2) is 45.9 Å². The Morgan fingerprint density at radius 1 is 1.30 bits per heavy atom. The molecule has 0 aliphatic carbocycles. The molecule has 1 N–H and O–H groups in total. The van der Waals surface area contributed by atoms with Crippen molar-refractivity contribution in [1.29, 1.82) is 0 Å². The molecular formula is C21H22N2O6S. The Labute approximate surface area is 177 Å². The van der Waals surface area contributed by atoms with E-state index in [0.717, 1.165) is 0 Å². The SMILES string of the molecule is CC(C)OCCCN1C(=O)C(O)=C(C(=O)c2cccs2)[C@H]1c1ccccc1[N+](=O)[O-]. The fourth-order valence-electron chi connectivity index (χ4n) is 3.42. The number of hydrogen-bond donors (Lipinski definition) is 1. The summed E-state index contributed by atoms with van der Waals surface area (Å²) in [6, 6.07) is 8.18. The number of thiophene rings is 1. The minimum Gasteiger partial charge on any atom is -0.503 e. The van der Waals surface area contributed by atoms with E-state index in [1.807, 2.05) is 13.8 Å². The van der Waals surface area contributed by atoms with Gasteiger partial charge in [-0.05, 0) is 37.8 Å². The predicted octanol–water partition coefficient (Wildman–Crippen LogP) is 4.05. The summed E-state index contributed by atoms with van der Waals surface area (Å²) in [4.78, 5) is 38.7. The zero-order chi connectivity index (χ0) is 21.8. The summed E-state index contributed by atoms with van der Waals surface area (Å²) in [5.41, 5.74) is -0.170. The molecule has 0 radical (unpaired) electrons. The Bertz CT molecular complexity index is 983. The summed E-state index contributed by atoms with van der Waals surface area (Å²) in [5, 5.41) is 23.9. The highest BCUT2D eigenvalue weighted by molar-refractivity contribution is 7.12. The zero-order valence-electron chi connectivity index (χ0n) is 16.6. The quantitative estimate of drug-likeness (QED) is 0.278. The molecule has 0 fully saturated rings. The van der Waals surface area contributed by atoms with Crippen LogP contribution < -0.4 is 0 Å². The predicted molar refractivity (Wildman–Crippen MR) is 112 cm³/mol. The van der Waals surface area contributed by atoms with Crippen molar-refractivity contribution in [2.45, 2.75) is 32.4 Å². The molecule has 9 heteroatoms. The maximum atomic E-state index is 13.1. The van der Waals surface area contributed by atoms with E-state index < -0.39 is 28.4 Å². The highest BCUT2D eigenvalue weighted by Crippen LogP contribution is 2.42. The van der Waals surface area contributed by atoms with Gasteiger partial charge in [0.25, 0.3) is 11.6 Å². The fraction of sp³-hybridized carbons (Fsp3) is 0.333. The molecule has 1 aromatic carbocycles. The van der Waals surface area contributed by atoms with Gasteiger partial charge in [0.2, 0.25) is 5.78 Å². The molecule has 1 aliphatic rings. The van der Waals surface area contributed by atoms with Crippen LogP contribution in [0.15, 0.2) is 53.1 Å². The number of ether oxygens (including phenoxy) is 1. The molecule has 8 nitrogen and oxygen atoms in total. The topological polar surface area (TPSA) is 110 Å². The molecule has 3 rings (SSSR count). The first kappa shape index (κ1) is 21.7. The summed E-state index contributed by atoms with van der Waals surface area (Å²) >= 11 is 1.18. The van der Waals surface area contributed by atoms with E-state index >= 15 is 0 Å². The number of ketones is 1. The van der Waals surface area contributed by atoms with E-state index in [1.54, 1.807) is 23.6 Å². The number of benzene rings is 1. The molecule has 2 aromatic rings. The number of amides is 1. The van der Waals surface area contributed by atoms with Crippen LogP contribution >= 0.6 is 11.3 Å². The molecule has 1 aromatic heterocycles. The van der Waals surface area contributed by atoms with Gasteiger partial charge < -0.3 is 14.7 Å². The van der Waals surface area contributed by atoms with Gasteiger partial charge in [0.05, 0.1) is 33.1 Å². The molecule has 1 atom stereocenters. The van der Waals surface area contributed by atoms with Gasteiger partial charge in [-0.25, -0.2) is 0 Å². The van der Waals surface area contributed by atoms with E-state index in [0.29, 0.717) is 17.9 Å². The van der Waals surface area contributed by atoms with Crippen molar-refractivity contribution in [1.82, 2.24) is 4.90 Å². The highest BCUT2D eigenvalue weighted by atomic mass is 32.1. The van der Waals surface area contributed by atoms with Gasteiger partial charge in [-0.1, -0.05) is 18.2 Å². The zero-order valence-corrected chi connectivity index (χ0v) is 17.4. The van der Waals surface area contributed by atoms with Crippen molar-refractivity contribution < 1.29 is 24.4 Å². The number of nitro benzene ring substituents is 1. The number of nitro groups is 1. The van der Waals surface area contributed by atoms with Gasteiger partial charge in [-0.15, -0.1) is 11.3 Å². The molecule has 1 aliphatic heterocycles. The summed E-state index contributed by atoms with van der Waals surface area (Å²) < 4.78 is 5.51. The molecule has 158 valence electrons. The van der Waals surface area contributed by atoms with Crippen LogP contribution in [0.2, 0.25) is 0 Å². The number of aliphatic hydroxyl groups excluding tert-OH is 1. The van der Waals surface area contributed by atoms with Gasteiger partial charge in [-0.3, -0.25) is 19.7 Å². The van der Waals surface area contributed by atoms with E-state index in [1.165, 1.54) is 34.4 Å². The first-order chi connectivity index (χ1) is 14.3. The number of carbonyl (C=O) groups is 2. The first-order valence-corrected chi connectivity index (χ1v) is 10.4. The summed E-state index contributed by atoms with van der Waals surface area (Å²) in [5.74, 6) is -1.90. The second-order valence-corrected chi connectivity index (χ2v) is 8.01. The number of Topliss-reactive ketones (excluding diaryl/α,β-unsaturated/α-hetero) is 1. The molecule has 0 spiro atoms. The number of para-hydroxylation sites is 1. The Morgan fingerprint density at radius 3 is 2.67 bits per heavy atom. The molecule has 1 amide bonds. The number of aliphatic hydroxyl groups is 1. The molecular weight excluding hydrogens is 408 g/mol. The Kier molecular flexibility index (Phi) is 6.63. The third-order valence-electron chi connectivity index (χ3n) is 4.72. The molecule has 0 unspecified atom stereocenters. The van der Waals surface area contributed by atoms with Crippen LogP contribution in [0.5, 0.6) is 0 Å². The van der Waals surface area contributed by atoms with Crippen molar-refractivity contribution in [2.24, 2.45) is 0 Å². The lowest BCUT2D eigenvalue weighted by Gasteiger charge is -2.26. The van der Waals surface area contributed by atoms with Crippen LogP contribution in [0.1, 0.15) is 41.5 Å². The Morgan fingerprint density at radius 2 is 2.03 bits per heavy atom. The number of nitrogens with zero attached hydrogens (tertiary/aromatic N) is 2. The first-order valence-electron chi connectivity index (χ1n) is 9.50. The highest BCUT2D eigenvalue weighted by Gasteiger charge is 2.45. The van der Waals surface area contributed by atoms with Gasteiger partial charge in [0, 0.05) is 19.2 Å². The molecule has 2 heterocycles. The van der Waals surface area contributed by atoms with Crippen molar-refractivity contribution >= 4 is 28.7 Å². The van der Waals surface area contributed by atoms with Crippen LogP contribution in [0.3, 0.4) is 0 Å². The molecule has 0 saturated carbocycles. The average molecular weight is 430 g/mol. The maximum absolute atomic E-state index is 13.1. The standard InChI is InChI=1S/C21H22N2O6S/c1-13(2)29-11-6-10-22-18(14-7-3-4-8-15(14)23(27)28)17(20(25)21(22)26)19(24)16-9-5-12-30-16/h3-5,7-9,12-13,18,25H,6,10-11H2,1-2H3/t18-/m1/s1. The van der Waals surface area contributed by atoms with E-state index in [9.17, 15) is 24.8 Å². The van der Waals surface area contributed by atoms with Crippen molar-refractivity contribution in [2.75, 3.05) is 13.2 Å². The van der Waals surface area contributed by atoms with Gasteiger partial charge in [0.15, 0.2) is 5.76 Å². The van der Waals surface area contributed by atoms with Crippen molar-refractivity contribution in [3.05, 3.63) is 73.7 Å². The lowest BCUT2D eigenvalue weighted by atomic mass is 9.94. The monoisotopic (exact) mass is 430 g/mol. The molecule has 30 heavy (non-hydrogen) atoms. The van der Waals surface area contributed by atoms with E-state index in [2.05, 4.69) is 0 Å². The van der Waals surface area contributed by atoms with Crippen molar-refractivity contribution in [3.63, 3.8) is 0 Å². The van der Waals surface area contributed by atoms with Crippen molar-refractivity contribution in [3.8, 4) is 0 Å². The number of hydrogen-bond acceptors (Lipinski definition) is 7. The summed E-state index contributed by atoms with van der Waals surface area (Å²) in [6.07, 6.45) is 0.474. The minimum atomic E-state index is -1.05. The van der Waals surface area contributed by atoms with Crippen LogP contribution in [0, 0.1) is 10.1 Å². The number of rotatable bonds is 9. The largest absolute Gasteiger partial charge is 0.503 e. The van der Waals surface area contributed by atoms with E-state index in [-0.39, 0.29) is 29.5 Å². The average Bonchev–Trinajstić information content (AvgIpc) is 3.33. The van der Waals surface area contributed by atoms with Crippen LogP contribution in [0.4, 0.5) is 5.69 Å². The van der Waals surface area contributed by atoms with Crippen LogP contribution in [-0.2, 0) is 9.53 Å². The smallest absolute Gasteiger partial charge is 0.290 e. The molecule has 0 saturated heterocycles. The van der Waals surface area contributed by atoms with E-state index in [4.69, 9.17) is 4.74 Å². The lowest BCUT2D eigenvalue weighted by Crippen LogP contribution is -2.33. The molecule has 0 bridgehead atoms.